The zero-order valence-electron chi connectivity index (χ0n) is 9.99. The van der Waals surface area contributed by atoms with Gasteiger partial charge in [-0.15, -0.1) is 5.10 Å². The molecule has 1 saturated carbocycles. The molecule has 0 spiro atoms. The maximum atomic E-state index is 5.47. The van der Waals surface area contributed by atoms with Crippen molar-refractivity contribution in [3.63, 3.8) is 0 Å². The summed E-state index contributed by atoms with van der Waals surface area (Å²) in [6.45, 7) is 5.08. The maximum absolute atomic E-state index is 5.47. The van der Waals surface area contributed by atoms with E-state index in [0.29, 0.717) is 36.3 Å². The average Bonchev–Trinajstić information content (AvgIpc) is 2.76. The highest BCUT2D eigenvalue weighted by Gasteiger charge is 2.35. The summed E-state index contributed by atoms with van der Waals surface area (Å²) >= 11 is 0. The smallest absolute Gasteiger partial charge is 0.315 e. The number of nitrogens with zero attached hydrogens (tertiary/aromatic N) is 2. The van der Waals surface area contributed by atoms with Crippen molar-refractivity contribution >= 4 is 6.01 Å². The van der Waals surface area contributed by atoms with Gasteiger partial charge < -0.3 is 15.5 Å². The van der Waals surface area contributed by atoms with Crippen molar-refractivity contribution in [3.05, 3.63) is 5.89 Å². The maximum Gasteiger partial charge on any atom is 0.315 e. The predicted octanol–water partition coefficient (Wildman–Crippen LogP) is 1.56. The second-order valence-corrected chi connectivity index (χ2v) is 5.12. The molecule has 1 atom stereocenters. The van der Waals surface area contributed by atoms with E-state index in [1.54, 1.807) is 0 Å². The molecule has 3 N–H and O–H groups in total. The molecule has 5 heteroatoms. The van der Waals surface area contributed by atoms with Gasteiger partial charge in [-0.25, -0.2) is 0 Å². The topological polar surface area (TPSA) is 77.0 Å². The molecule has 1 aliphatic carbocycles. The molecule has 2 rings (SSSR count). The first-order valence-corrected chi connectivity index (χ1v) is 5.91. The average molecular weight is 224 g/mol. The van der Waals surface area contributed by atoms with Crippen LogP contribution in [0.2, 0.25) is 0 Å². The van der Waals surface area contributed by atoms with E-state index in [9.17, 15) is 0 Å². The van der Waals surface area contributed by atoms with Crippen molar-refractivity contribution in [2.24, 2.45) is 11.1 Å². The first-order chi connectivity index (χ1) is 7.62. The van der Waals surface area contributed by atoms with Crippen molar-refractivity contribution in [2.75, 3.05) is 11.9 Å². The highest BCUT2D eigenvalue weighted by Crippen LogP contribution is 2.38. The van der Waals surface area contributed by atoms with E-state index < -0.39 is 0 Å². The van der Waals surface area contributed by atoms with Crippen LogP contribution in [0.4, 0.5) is 6.01 Å². The summed E-state index contributed by atoms with van der Waals surface area (Å²) < 4.78 is 5.47. The SMILES string of the molecule is CC1(C)CCCC1Nc1nnc(CCN)o1. The Hall–Kier alpha value is -1.10. The number of hydrogen-bond donors (Lipinski definition) is 2. The Morgan fingerprint density at radius 3 is 2.94 bits per heavy atom. The predicted molar refractivity (Wildman–Crippen MR) is 62.1 cm³/mol. The summed E-state index contributed by atoms with van der Waals surface area (Å²) in [5, 5.41) is 11.2. The van der Waals surface area contributed by atoms with E-state index in [1.807, 2.05) is 0 Å². The fourth-order valence-electron chi connectivity index (χ4n) is 2.28. The summed E-state index contributed by atoms with van der Waals surface area (Å²) in [6, 6.07) is 0.960. The molecule has 1 unspecified atom stereocenters. The Kier molecular flexibility index (Phi) is 3.14. The summed E-state index contributed by atoms with van der Waals surface area (Å²) in [6.07, 6.45) is 4.31. The van der Waals surface area contributed by atoms with E-state index in [2.05, 4.69) is 29.4 Å². The molecule has 1 heterocycles. The third kappa shape index (κ3) is 2.35. The lowest BCUT2D eigenvalue weighted by molar-refractivity contribution is 0.343. The number of rotatable bonds is 4. The van der Waals surface area contributed by atoms with Crippen LogP contribution < -0.4 is 11.1 Å². The standard InChI is InChI=1S/C11H20N4O/c1-11(2)6-3-4-8(11)13-10-15-14-9(16-10)5-7-12/h8H,3-7,12H2,1-2H3,(H,13,15). The second-order valence-electron chi connectivity index (χ2n) is 5.12. The molecule has 0 bridgehead atoms. The minimum Gasteiger partial charge on any atom is -0.408 e. The van der Waals surface area contributed by atoms with Crippen LogP contribution in [0.1, 0.15) is 39.0 Å². The van der Waals surface area contributed by atoms with Crippen molar-refractivity contribution in [1.29, 1.82) is 0 Å². The largest absolute Gasteiger partial charge is 0.408 e. The van der Waals surface area contributed by atoms with Crippen molar-refractivity contribution < 1.29 is 4.42 Å². The number of hydrogen-bond acceptors (Lipinski definition) is 5. The zero-order chi connectivity index (χ0) is 11.6. The second kappa shape index (κ2) is 4.41. The number of nitrogens with one attached hydrogen (secondary N) is 1. The lowest BCUT2D eigenvalue weighted by Crippen LogP contribution is -2.30. The van der Waals surface area contributed by atoms with Crippen molar-refractivity contribution in [1.82, 2.24) is 10.2 Å². The van der Waals surface area contributed by atoms with Gasteiger partial charge in [0.1, 0.15) is 0 Å². The molecule has 1 aromatic heterocycles. The van der Waals surface area contributed by atoms with Gasteiger partial charge in [0.2, 0.25) is 5.89 Å². The van der Waals surface area contributed by atoms with Crippen LogP contribution in [-0.2, 0) is 6.42 Å². The molecule has 0 aromatic carbocycles. The minimum absolute atomic E-state index is 0.308. The molecule has 1 aliphatic rings. The Morgan fingerprint density at radius 1 is 1.50 bits per heavy atom. The van der Waals surface area contributed by atoms with Gasteiger partial charge in [0.25, 0.3) is 0 Å². The summed E-state index contributed by atoms with van der Waals surface area (Å²) in [5.41, 5.74) is 5.74. The van der Waals surface area contributed by atoms with E-state index in [4.69, 9.17) is 10.2 Å². The van der Waals surface area contributed by atoms with E-state index in [1.165, 1.54) is 19.3 Å². The molecule has 5 nitrogen and oxygen atoms in total. The van der Waals surface area contributed by atoms with Gasteiger partial charge in [-0.2, -0.15) is 0 Å². The third-order valence-corrected chi connectivity index (χ3v) is 3.38. The number of aromatic nitrogens is 2. The van der Waals surface area contributed by atoms with Gasteiger partial charge in [-0.3, -0.25) is 0 Å². The van der Waals surface area contributed by atoms with Crippen LogP contribution in [0.5, 0.6) is 0 Å². The van der Waals surface area contributed by atoms with Gasteiger partial charge in [-0.1, -0.05) is 25.4 Å². The van der Waals surface area contributed by atoms with Crippen LogP contribution >= 0.6 is 0 Å². The molecular weight excluding hydrogens is 204 g/mol. The zero-order valence-corrected chi connectivity index (χ0v) is 9.99. The van der Waals surface area contributed by atoms with E-state index in [-0.39, 0.29) is 0 Å². The highest BCUT2D eigenvalue weighted by molar-refractivity contribution is 5.22. The summed E-state index contributed by atoms with van der Waals surface area (Å²) in [5.74, 6) is 0.612. The quantitative estimate of drug-likeness (QED) is 0.811. The molecule has 0 saturated heterocycles. The number of nitrogens with two attached hydrogens (primary N) is 1. The van der Waals surface area contributed by atoms with Gasteiger partial charge in [-0.05, 0) is 18.3 Å². The lowest BCUT2D eigenvalue weighted by Gasteiger charge is -2.26. The van der Waals surface area contributed by atoms with Crippen LogP contribution in [-0.4, -0.2) is 22.8 Å². The Balaban J connectivity index is 1.98. The molecule has 0 aliphatic heterocycles. The molecule has 0 radical (unpaired) electrons. The summed E-state index contributed by atoms with van der Waals surface area (Å²) in [7, 11) is 0. The van der Waals surface area contributed by atoms with Crippen LogP contribution in [0.15, 0.2) is 4.42 Å². The van der Waals surface area contributed by atoms with Crippen molar-refractivity contribution in [2.45, 2.75) is 45.6 Å². The first-order valence-electron chi connectivity index (χ1n) is 5.91. The normalized spacial score (nSPS) is 23.6. The number of anilines is 1. The Labute approximate surface area is 95.8 Å². The molecule has 1 fully saturated rings. The lowest BCUT2D eigenvalue weighted by atomic mass is 9.87. The molecule has 0 amide bonds. The van der Waals surface area contributed by atoms with E-state index in [0.717, 1.165) is 0 Å². The van der Waals surface area contributed by atoms with Crippen molar-refractivity contribution in [3.8, 4) is 0 Å². The van der Waals surface area contributed by atoms with Gasteiger partial charge in [0, 0.05) is 19.0 Å². The van der Waals surface area contributed by atoms with Crippen LogP contribution in [0.25, 0.3) is 0 Å². The molecular formula is C11H20N4O. The monoisotopic (exact) mass is 224 g/mol. The Bertz CT molecular complexity index is 348. The third-order valence-electron chi connectivity index (χ3n) is 3.38. The van der Waals surface area contributed by atoms with Gasteiger partial charge in [0.15, 0.2) is 0 Å². The fraction of sp³-hybridized carbons (Fsp3) is 0.818. The van der Waals surface area contributed by atoms with E-state index >= 15 is 0 Å². The molecule has 90 valence electrons. The van der Waals surface area contributed by atoms with Crippen LogP contribution in [0, 0.1) is 5.41 Å². The summed E-state index contributed by atoms with van der Waals surface area (Å²) in [4.78, 5) is 0. The first kappa shape index (κ1) is 11.4. The van der Waals surface area contributed by atoms with Gasteiger partial charge >= 0.3 is 6.01 Å². The van der Waals surface area contributed by atoms with Gasteiger partial charge in [0.05, 0.1) is 0 Å². The highest BCUT2D eigenvalue weighted by atomic mass is 16.4. The fourth-order valence-corrected chi connectivity index (χ4v) is 2.28. The molecule has 1 aromatic rings. The van der Waals surface area contributed by atoms with Crippen LogP contribution in [0.3, 0.4) is 0 Å². The molecule has 16 heavy (non-hydrogen) atoms. The minimum atomic E-state index is 0.308. The Morgan fingerprint density at radius 2 is 2.31 bits per heavy atom.